The summed E-state index contributed by atoms with van der Waals surface area (Å²) < 4.78 is 2.25. The summed E-state index contributed by atoms with van der Waals surface area (Å²) in [5.41, 5.74) is 2.95. The van der Waals surface area contributed by atoms with Crippen molar-refractivity contribution in [3.8, 4) is 17.1 Å². The van der Waals surface area contributed by atoms with Gasteiger partial charge in [0.15, 0.2) is 0 Å². The van der Waals surface area contributed by atoms with Crippen molar-refractivity contribution < 1.29 is 5.11 Å². The minimum atomic E-state index is 0.259. The number of phenolic OH excluding ortho intramolecular Hbond substituents is 1. The predicted octanol–water partition coefficient (Wildman–Crippen LogP) is 4.40. The molecule has 2 aromatic carbocycles. The normalized spacial score (nSPS) is 14.8. The van der Waals surface area contributed by atoms with Gasteiger partial charge < -0.3 is 9.67 Å². The van der Waals surface area contributed by atoms with Crippen LogP contribution in [0, 0.1) is 0 Å². The Hall–Kier alpha value is -2.00. The molecule has 3 nitrogen and oxygen atoms in total. The van der Waals surface area contributed by atoms with E-state index in [4.69, 9.17) is 16.6 Å². The molecule has 1 aliphatic carbocycles. The molecule has 0 spiro atoms. The summed E-state index contributed by atoms with van der Waals surface area (Å²) in [4.78, 5) is 4.72. The maximum atomic E-state index is 9.68. The van der Waals surface area contributed by atoms with E-state index in [1.54, 1.807) is 12.1 Å². The highest BCUT2D eigenvalue weighted by molar-refractivity contribution is 6.31. The fourth-order valence-corrected chi connectivity index (χ4v) is 2.78. The zero-order chi connectivity index (χ0) is 13.7. The lowest BCUT2D eigenvalue weighted by atomic mass is 10.2. The van der Waals surface area contributed by atoms with E-state index in [2.05, 4.69) is 4.57 Å². The molecule has 0 saturated heterocycles. The highest BCUT2D eigenvalue weighted by atomic mass is 35.5. The van der Waals surface area contributed by atoms with Gasteiger partial charge in [-0.25, -0.2) is 4.98 Å². The Labute approximate surface area is 121 Å². The molecule has 0 aliphatic heterocycles. The van der Waals surface area contributed by atoms with E-state index in [-0.39, 0.29) is 5.75 Å². The molecule has 0 bridgehead atoms. The number of benzene rings is 2. The summed E-state index contributed by atoms with van der Waals surface area (Å²) in [6.45, 7) is 0. The number of halogens is 1. The van der Waals surface area contributed by atoms with Crippen molar-refractivity contribution in [3.05, 3.63) is 47.5 Å². The molecule has 1 heterocycles. The lowest BCUT2D eigenvalue weighted by Crippen LogP contribution is -1.97. The van der Waals surface area contributed by atoms with Gasteiger partial charge in [-0.05, 0) is 43.2 Å². The maximum Gasteiger partial charge on any atom is 0.141 e. The van der Waals surface area contributed by atoms with Gasteiger partial charge in [-0.3, -0.25) is 0 Å². The third-order valence-corrected chi connectivity index (χ3v) is 3.90. The first-order chi connectivity index (χ1) is 9.72. The lowest BCUT2D eigenvalue weighted by molar-refractivity contribution is 0.475. The molecule has 0 radical (unpaired) electrons. The Bertz CT molecular complexity index is 805. The zero-order valence-corrected chi connectivity index (χ0v) is 11.5. The van der Waals surface area contributed by atoms with Crippen LogP contribution in [0.4, 0.5) is 0 Å². The van der Waals surface area contributed by atoms with Gasteiger partial charge in [-0.1, -0.05) is 23.7 Å². The van der Waals surface area contributed by atoms with E-state index >= 15 is 0 Å². The number of nitrogens with zero attached hydrogens (tertiary/aromatic N) is 2. The molecule has 1 aliphatic rings. The molecule has 100 valence electrons. The molecule has 1 aromatic heterocycles. The van der Waals surface area contributed by atoms with Crippen molar-refractivity contribution in [1.82, 2.24) is 9.55 Å². The second kappa shape index (κ2) is 4.25. The highest BCUT2D eigenvalue weighted by Crippen LogP contribution is 2.41. The molecule has 4 rings (SSSR count). The number of hydrogen-bond donors (Lipinski definition) is 1. The van der Waals surface area contributed by atoms with E-state index < -0.39 is 0 Å². The molecule has 3 aromatic rings. The summed E-state index contributed by atoms with van der Waals surface area (Å²) in [6.07, 6.45) is 2.34. The molecular weight excluding hydrogens is 272 g/mol. The summed E-state index contributed by atoms with van der Waals surface area (Å²) in [5, 5.41) is 10.4. The minimum Gasteiger partial charge on any atom is -0.508 e. The molecule has 0 unspecified atom stereocenters. The van der Waals surface area contributed by atoms with Crippen molar-refractivity contribution in [2.24, 2.45) is 0 Å². The van der Waals surface area contributed by atoms with Gasteiger partial charge in [-0.2, -0.15) is 0 Å². The summed E-state index contributed by atoms with van der Waals surface area (Å²) >= 11 is 6.12. The minimum absolute atomic E-state index is 0.259. The van der Waals surface area contributed by atoms with Crippen molar-refractivity contribution >= 4 is 22.6 Å². The predicted molar refractivity (Wildman–Crippen MR) is 80.1 cm³/mol. The van der Waals surface area contributed by atoms with E-state index in [0.29, 0.717) is 6.04 Å². The maximum absolute atomic E-state index is 9.68. The standard InChI is InChI=1S/C16H13ClN2O/c17-11-4-7-14-15(9-11)19(12-5-6-12)16(18-14)10-2-1-3-13(20)8-10/h1-4,7-9,12,20H,5-6H2. The second-order valence-corrected chi connectivity index (χ2v) is 5.66. The van der Waals surface area contributed by atoms with Crippen molar-refractivity contribution in [1.29, 1.82) is 0 Å². The van der Waals surface area contributed by atoms with Crippen LogP contribution in [0.1, 0.15) is 18.9 Å². The van der Waals surface area contributed by atoms with Gasteiger partial charge >= 0.3 is 0 Å². The number of aromatic hydroxyl groups is 1. The van der Waals surface area contributed by atoms with Gasteiger partial charge in [0, 0.05) is 16.6 Å². The SMILES string of the molecule is Oc1cccc(-c2nc3ccc(Cl)cc3n2C2CC2)c1. The first-order valence-corrected chi connectivity index (χ1v) is 7.07. The van der Waals surface area contributed by atoms with Crippen LogP contribution in [0.15, 0.2) is 42.5 Å². The smallest absolute Gasteiger partial charge is 0.141 e. The van der Waals surface area contributed by atoms with Crippen LogP contribution in [-0.2, 0) is 0 Å². The number of hydrogen-bond acceptors (Lipinski definition) is 2. The van der Waals surface area contributed by atoms with Gasteiger partial charge in [0.1, 0.15) is 11.6 Å². The molecule has 0 amide bonds. The average Bonchev–Trinajstić information content (AvgIpc) is 3.19. The number of fused-ring (bicyclic) bond motifs is 1. The summed E-state index contributed by atoms with van der Waals surface area (Å²) in [6, 6.07) is 13.5. The van der Waals surface area contributed by atoms with E-state index in [1.165, 1.54) is 12.8 Å². The lowest BCUT2D eigenvalue weighted by Gasteiger charge is -2.08. The fraction of sp³-hybridized carbons (Fsp3) is 0.188. The second-order valence-electron chi connectivity index (χ2n) is 5.22. The largest absolute Gasteiger partial charge is 0.508 e. The van der Waals surface area contributed by atoms with Gasteiger partial charge in [0.25, 0.3) is 0 Å². The topological polar surface area (TPSA) is 38.1 Å². The number of rotatable bonds is 2. The highest BCUT2D eigenvalue weighted by Gasteiger charge is 2.28. The Morgan fingerprint density at radius 3 is 2.75 bits per heavy atom. The van der Waals surface area contributed by atoms with Crippen LogP contribution in [0.3, 0.4) is 0 Å². The van der Waals surface area contributed by atoms with Crippen LogP contribution in [0.2, 0.25) is 5.02 Å². The van der Waals surface area contributed by atoms with Crippen molar-refractivity contribution in [2.75, 3.05) is 0 Å². The summed E-state index contributed by atoms with van der Waals surface area (Å²) in [5.74, 6) is 1.16. The molecule has 20 heavy (non-hydrogen) atoms. The van der Waals surface area contributed by atoms with E-state index in [0.717, 1.165) is 27.4 Å². The average molecular weight is 285 g/mol. The Morgan fingerprint density at radius 2 is 2.00 bits per heavy atom. The Balaban J connectivity index is 2.01. The molecular formula is C16H13ClN2O. The molecule has 1 fully saturated rings. The molecule has 0 atom stereocenters. The molecule has 4 heteroatoms. The van der Waals surface area contributed by atoms with Gasteiger partial charge in [0.2, 0.25) is 0 Å². The fourth-order valence-electron chi connectivity index (χ4n) is 2.62. The Morgan fingerprint density at radius 1 is 1.15 bits per heavy atom. The van der Waals surface area contributed by atoms with E-state index in [1.807, 2.05) is 30.3 Å². The van der Waals surface area contributed by atoms with Crippen molar-refractivity contribution in [2.45, 2.75) is 18.9 Å². The zero-order valence-electron chi connectivity index (χ0n) is 10.8. The number of phenols is 1. The third kappa shape index (κ3) is 1.86. The third-order valence-electron chi connectivity index (χ3n) is 3.67. The summed E-state index contributed by atoms with van der Waals surface area (Å²) in [7, 11) is 0. The first-order valence-electron chi connectivity index (χ1n) is 6.69. The monoisotopic (exact) mass is 284 g/mol. The van der Waals surface area contributed by atoms with Crippen molar-refractivity contribution in [3.63, 3.8) is 0 Å². The van der Waals surface area contributed by atoms with Crippen LogP contribution in [0.5, 0.6) is 5.75 Å². The molecule has 1 N–H and O–H groups in total. The van der Waals surface area contributed by atoms with Gasteiger partial charge in [-0.15, -0.1) is 0 Å². The molecule has 1 saturated carbocycles. The quantitative estimate of drug-likeness (QED) is 0.757. The first kappa shape index (κ1) is 11.8. The van der Waals surface area contributed by atoms with E-state index in [9.17, 15) is 5.11 Å². The van der Waals surface area contributed by atoms with Crippen LogP contribution in [0.25, 0.3) is 22.4 Å². The van der Waals surface area contributed by atoms with Crippen LogP contribution >= 0.6 is 11.6 Å². The van der Waals surface area contributed by atoms with Crippen LogP contribution < -0.4 is 0 Å². The van der Waals surface area contributed by atoms with Gasteiger partial charge in [0.05, 0.1) is 11.0 Å². The number of aromatic nitrogens is 2. The number of imidazole rings is 1. The van der Waals surface area contributed by atoms with Crippen LogP contribution in [-0.4, -0.2) is 14.7 Å². The Kier molecular flexibility index (Phi) is 2.51.